The van der Waals surface area contributed by atoms with Gasteiger partial charge in [0, 0.05) is 5.56 Å². The number of esters is 1. The van der Waals surface area contributed by atoms with E-state index in [1.54, 1.807) is 36.6 Å². The molecule has 0 unspecified atom stereocenters. The van der Waals surface area contributed by atoms with Gasteiger partial charge in [-0.1, -0.05) is 79.8 Å². The number of para-hydroxylation sites is 1. The number of carbonyl (C=O) groups excluding carboxylic acids is 1. The lowest BCUT2D eigenvalue weighted by Crippen LogP contribution is -2.39. The summed E-state index contributed by atoms with van der Waals surface area (Å²) in [5.74, 6) is 0.144. The van der Waals surface area contributed by atoms with Crippen LogP contribution in [-0.4, -0.2) is 17.1 Å². The molecule has 0 saturated heterocycles. The number of ether oxygens (including phenoxy) is 2. The Morgan fingerprint density at radius 2 is 1.78 bits per heavy atom. The molecule has 210 valence electrons. The Morgan fingerprint density at radius 3 is 2.46 bits per heavy atom. The zero-order valence-electron chi connectivity index (χ0n) is 23.4. The highest BCUT2D eigenvalue weighted by Crippen LogP contribution is 2.31. The van der Waals surface area contributed by atoms with Gasteiger partial charge in [0.2, 0.25) is 0 Å². The number of hydrogen-bond acceptors (Lipinski definition) is 6. The molecule has 1 aromatic heterocycles. The topological polar surface area (TPSA) is 69.9 Å². The van der Waals surface area contributed by atoms with Crippen molar-refractivity contribution in [2.24, 2.45) is 4.99 Å². The monoisotopic (exact) mass is 570 g/mol. The first-order chi connectivity index (χ1) is 19.8. The van der Waals surface area contributed by atoms with Gasteiger partial charge >= 0.3 is 5.97 Å². The van der Waals surface area contributed by atoms with Crippen LogP contribution in [0.1, 0.15) is 61.9 Å². The summed E-state index contributed by atoms with van der Waals surface area (Å²) >= 11 is 1.26. The van der Waals surface area contributed by atoms with Gasteiger partial charge in [-0.2, -0.15) is 0 Å². The summed E-state index contributed by atoms with van der Waals surface area (Å²) in [4.78, 5) is 32.3. The molecule has 0 spiro atoms. The molecular formula is C33H31FN2O4S. The molecule has 41 heavy (non-hydrogen) atoms. The summed E-state index contributed by atoms with van der Waals surface area (Å²) in [5, 5.41) is 0. The minimum absolute atomic E-state index is 0.216. The Bertz CT molecular complexity index is 1780. The highest BCUT2D eigenvalue weighted by molar-refractivity contribution is 7.07. The minimum atomic E-state index is -0.668. The molecule has 4 aromatic rings. The zero-order chi connectivity index (χ0) is 29.1. The summed E-state index contributed by atoms with van der Waals surface area (Å²) in [6.45, 7) is 8.23. The quantitative estimate of drug-likeness (QED) is 0.257. The third-order valence-electron chi connectivity index (χ3n) is 6.95. The van der Waals surface area contributed by atoms with Crippen LogP contribution in [0.2, 0.25) is 0 Å². The third kappa shape index (κ3) is 5.93. The second kappa shape index (κ2) is 12.1. The minimum Gasteiger partial charge on any atom is -0.488 e. The van der Waals surface area contributed by atoms with E-state index in [2.05, 4.69) is 18.8 Å². The molecule has 1 atom stereocenters. The highest BCUT2D eigenvalue weighted by atomic mass is 32.1. The van der Waals surface area contributed by atoms with Crippen molar-refractivity contribution in [3.63, 3.8) is 0 Å². The molecule has 8 heteroatoms. The van der Waals surface area contributed by atoms with Crippen LogP contribution >= 0.6 is 11.3 Å². The first-order valence-electron chi connectivity index (χ1n) is 13.5. The number of benzene rings is 3. The van der Waals surface area contributed by atoms with Gasteiger partial charge in [0.15, 0.2) is 4.80 Å². The van der Waals surface area contributed by atoms with E-state index in [1.807, 2.05) is 48.5 Å². The summed E-state index contributed by atoms with van der Waals surface area (Å²) < 4.78 is 26.8. The fraction of sp³-hybridized carbons (Fsp3) is 0.242. The molecule has 0 saturated carbocycles. The Balaban J connectivity index is 1.59. The molecular weight excluding hydrogens is 539 g/mol. The van der Waals surface area contributed by atoms with E-state index in [1.165, 1.54) is 23.5 Å². The lowest BCUT2D eigenvalue weighted by Gasteiger charge is -2.25. The summed E-state index contributed by atoms with van der Waals surface area (Å²) in [7, 11) is 0. The molecule has 0 bridgehead atoms. The van der Waals surface area contributed by atoms with Gasteiger partial charge in [0.05, 0.1) is 28.5 Å². The number of halogens is 1. The Kier molecular flexibility index (Phi) is 8.31. The SMILES string of the molecule is CCOC(=O)C1=C(C)N=c2s/c(=C\c3ccccc3OCc3ccc(F)cc3)c(=O)n2[C@@H]1c1ccc(C(C)C)cc1. The van der Waals surface area contributed by atoms with Crippen molar-refractivity contribution in [3.8, 4) is 5.75 Å². The van der Waals surface area contributed by atoms with Crippen LogP contribution < -0.4 is 19.6 Å². The van der Waals surface area contributed by atoms with E-state index in [0.29, 0.717) is 32.3 Å². The van der Waals surface area contributed by atoms with Crippen LogP contribution in [0.15, 0.2) is 93.9 Å². The van der Waals surface area contributed by atoms with Crippen molar-refractivity contribution in [2.45, 2.75) is 46.3 Å². The summed E-state index contributed by atoms with van der Waals surface area (Å²) in [5.41, 5.74) is 4.14. The maximum atomic E-state index is 14.0. The van der Waals surface area contributed by atoms with Crippen LogP contribution in [0.5, 0.6) is 5.75 Å². The first-order valence-corrected chi connectivity index (χ1v) is 14.3. The normalized spacial score (nSPS) is 15.1. The van der Waals surface area contributed by atoms with E-state index in [-0.39, 0.29) is 24.6 Å². The van der Waals surface area contributed by atoms with Crippen molar-refractivity contribution in [1.29, 1.82) is 0 Å². The van der Waals surface area contributed by atoms with Gasteiger partial charge < -0.3 is 9.47 Å². The van der Waals surface area contributed by atoms with Crippen molar-refractivity contribution >= 4 is 23.4 Å². The van der Waals surface area contributed by atoms with E-state index < -0.39 is 12.0 Å². The summed E-state index contributed by atoms with van der Waals surface area (Å²) in [6, 6.07) is 20.9. The van der Waals surface area contributed by atoms with Crippen LogP contribution in [0.3, 0.4) is 0 Å². The molecule has 0 aliphatic carbocycles. The fourth-order valence-corrected chi connectivity index (χ4v) is 5.82. The molecule has 1 aliphatic rings. The number of aromatic nitrogens is 1. The van der Waals surface area contributed by atoms with Crippen LogP contribution in [0.25, 0.3) is 6.08 Å². The number of rotatable bonds is 8. The number of allylic oxidation sites excluding steroid dienone is 1. The van der Waals surface area contributed by atoms with Gasteiger partial charge in [-0.3, -0.25) is 9.36 Å². The maximum Gasteiger partial charge on any atom is 0.338 e. The largest absolute Gasteiger partial charge is 0.488 e. The first kappa shape index (κ1) is 28.2. The molecule has 0 N–H and O–H groups in total. The number of thiazole rings is 1. The fourth-order valence-electron chi connectivity index (χ4n) is 4.78. The maximum absolute atomic E-state index is 14.0. The molecule has 1 aliphatic heterocycles. The van der Waals surface area contributed by atoms with Gasteiger partial charge in [0.25, 0.3) is 5.56 Å². The van der Waals surface area contributed by atoms with Gasteiger partial charge in [-0.15, -0.1) is 0 Å². The second-order valence-electron chi connectivity index (χ2n) is 10.1. The van der Waals surface area contributed by atoms with Crippen LogP contribution in [0, 0.1) is 5.82 Å². The highest BCUT2D eigenvalue weighted by Gasteiger charge is 2.33. The zero-order valence-corrected chi connectivity index (χ0v) is 24.2. The Hall–Kier alpha value is -4.30. The van der Waals surface area contributed by atoms with Crippen molar-refractivity contribution in [3.05, 3.63) is 132 Å². The predicted molar refractivity (Wildman–Crippen MR) is 158 cm³/mol. The van der Waals surface area contributed by atoms with Crippen molar-refractivity contribution in [2.75, 3.05) is 6.61 Å². The third-order valence-corrected chi connectivity index (χ3v) is 7.93. The van der Waals surface area contributed by atoms with Crippen molar-refractivity contribution < 1.29 is 18.7 Å². The molecule has 0 radical (unpaired) electrons. The Morgan fingerprint density at radius 1 is 1.07 bits per heavy atom. The number of hydrogen-bond donors (Lipinski definition) is 0. The molecule has 5 rings (SSSR count). The van der Waals surface area contributed by atoms with Crippen molar-refractivity contribution in [1.82, 2.24) is 4.57 Å². The molecule has 0 amide bonds. The van der Waals surface area contributed by atoms with Crippen LogP contribution in [-0.2, 0) is 16.1 Å². The average molecular weight is 571 g/mol. The lowest BCUT2D eigenvalue weighted by atomic mass is 9.93. The predicted octanol–water partition coefficient (Wildman–Crippen LogP) is 5.64. The molecule has 6 nitrogen and oxygen atoms in total. The van der Waals surface area contributed by atoms with E-state index >= 15 is 0 Å². The molecule has 0 fully saturated rings. The van der Waals surface area contributed by atoms with Gasteiger partial charge in [0.1, 0.15) is 18.2 Å². The van der Waals surface area contributed by atoms with E-state index in [9.17, 15) is 14.0 Å². The van der Waals surface area contributed by atoms with E-state index in [4.69, 9.17) is 9.47 Å². The standard InChI is InChI=1S/C33H31FN2O4S/c1-5-39-32(38)29-21(4)35-33-36(30(29)24-14-12-23(13-15-24)20(2)3)31(37)28(41-33)18-25-8-6-7-9-27(25)40-19-22-10-16-26(34)17-11-22/h6-18,20,30H,5,19H2,1-4H3/b28-18-/t30-/m1/s1. The van der Waals surface area contributed by atoms with Gasteiger partial charge in [-0.05, 0) is 60.7 Å². The number of nitrogens with zero attached hydrogens (tertiary/aromatic N) is 2. The number of fused-ring (bicyclic) bond motifs is 1. The van der Waals surface area contributed by atoms with E-state index in [0.717, 1.165) is 22.3 Å². The molecule has 2 heterocycles. The number of carbonyl (C=O) groups is 1. The summed E-state index contributed by atoms with van der Waals surface area (Å²) in [6.07, 6.45) is 1.78. The molecule has 3 aromatic carbocycles. The lowest BCUT2D eigenvalue weighted by molar-refractivity contribution is -0.139. The Labute approximate surface area is 241 Å². The van der Waals surface area contributed by atoms with Crippen LogP contribution in [0.4, 0.5) is 4.39 Å². The second-order valence-corrected chi connectivity index (χ2v) is 11.1. The average Bonchev–Trinajstić information content (AvgIpc) is 3.26. The van der Waals surface area contributed by atoms with Gasteiger partial charge in [-0.25, -0.2) is 14.2 Å². The smallest absolute Gasteiger partial charge is 0.338 e.